The predicted molar refractivity (Wildman–Crippen MR) is 154 cm³/mol. The van der Waals surface area contributed by atoms with Crippen LogP contribution in [0.25, 0.3) is 0 Å². The molecular formula is C32H62O4. The van der Waals surface area contributed by atoms with Gasteiger partial charge in [0.1, 0.15) is 6.10 Å². The largest absolute Gasteiger partial charge is 0.481 e. The first-order valence-corrected chi connectivity index (χ1v) is 16.0. The van der Waals surface area contributed by atoms with Crippen LogP contribution in [0, 0.1) is 0 Å². The summed E-state index contributed by atoms with van der Waals surface area (Å²) in [5.74, 6) is -1.09. The number of hydrogen-bond donors (Lipinski definition) is 1. The zero-order chi connectivity index (χ0) is 26.5. The van der Waals surface area contributed by atoms with Crippen molar-refractivity contribution in [3.63, 3.8) is 0 Å². The molecule has 0 rings (SSSR count). The first kappa shape index (κ1) is 34.9. The summed E-state index contributed by atoms with van der Waals surface area (Å²) in [6.45, 7) is 4.51. The lowest BCUT2D eigenvalue weighted by molar-refractivity contribution is -0.153. The molecule has 0 aliphatic heterocycles. The Morgan fingerprint density at radius 1 is 0.528 bits per heavy atom. The van der Waals surface area contributed by atoms with Gasteiger partial charge in [-0.1, -0.05) is 155 Å². The third-order valence-corrected chi connectivity index (χ3v) is 7.31. The number of carboxylic acid groups (broad SMARTS) is 1. The maximum Gasteiger partial charge on any atom is 0.307 e. The number of carbonyl (C=O) groups is 2. The minimum atomic E-state index is -0.879. The van der Waals surface area contributed by atoms with Crippen LogP contribution in [0.5, 0.6) is 0 Å². The third kappa shape index (κ3) is 27.5. The minimum Gasteiger partial charge on any atom is -0.481 e. The van der Waals surface area contributed by atoms with Crippen LogP contribution in [0.1, 0.15) is 187 Å². The second-order valence-electron chi connectivity index (χ2n) is 11.0. The van der Waals surface area contributed by atoms with Crippen LogP contribution in [0.3, 0.4) is 0 Å². The summed E-state index contributed by atoms with van der Waals surface area (Å²) in [7, 11) is 0. The van der Waals surface area contributed by atoms with E-state index in [2.05, 4.69) is 13.8 Å². The van der Waals surface area contributed by atoms with Crippen LogP contribution in [0.15, 0.2) is 0 Å². The predicted octanol–water partition coefficient (Wildman–Crippen LogP) is 10.6. The smallest absolute Gasteiger partial charge is 0.307 e. The van der Waals surface area contributed by atoms with Crippen molar-refractivity contribution in [3.05, 3.63) is 0 Å². The summed E-state index contributed by atoms with van der Waals surface area (Å²) >= 11 is 0. The van der Waals surface area contributed by atoms with Crippen LogP contribution < -0.4 is 0 Å². The SMILES string of the molecule is CCCCCCCCCCCCCCCCCC(=O)O[C@H](CCCCCCCCCCC)CC(=O)O. The maximum atomic E-state index is 12.2. The highest BCUT2D eigenvalue weighted by molar-refractivity contribution is 5.71. The van der Waals surface area contributed by atoms with Gasteiger partial charge >= 0.3 is 11.9 Å². The van der Waals surface area contributed by atoms with Gasteiger partial charge in [-0.15, -0.1) is 0 Å². The van der Waals surface area contributed by atoms with E-state index in [0.717, 1.165) is 25.7 Å². The summed E-state index contributed by atoms with van der Waals surface area (Å²) in [4.78, 5) is 23.4. The Balaban J connectivity index is 3.62. The molecule has 0 aliphatic carbocycles. The Morgan fingerprint density at radius 2 is 0.861 bits per heavy atom. The highest BCUT2D eigenvalue weighted by atomic mass is 16.5. The number of esters is 1. The Labute approximate surface area is 224 Å². The first-order valence-electron chi connectivity index (χ1n) is 16.0. The quantitative estimate of drug-likeness (QED) is 0.0802. The average Bonchev–Trinajstić information content (AvgIpc) is 2.85. The molecular weight excluding hydrogens is 448 g/mol. The van der Waals surface area contributed by atoms with Gasteiger partial charge in [-0.3, -0.25) is 9.59 Å². The van der Waals surface area contributed by atoms with Crippen molar-refractivity contribution in [2.75, 3.05) is 0 Å². The highest BCUT2D eigenvalue weighted by Gasteiger charge is 2.17. The molecule has 0 heterocycles. The molecule has 0 spiro atoms. The monoisotopic (exact) mass is 510 g/mol. The molecule has 4 heteroatoms. The lowest BCUT2D eigenvalue weighted by Gasteiger charge is -2.16. The fourth-order valence-corrected chi connectivity index (χ4v) is 4.97. The molecule has 0 bridgehead atoms. The van der Waals surface area contributed by atoms with Crippen molar-refractivity contribution < 1.29 is 19.4 Å². The molecule has 214 valence electrons. The Morgan fingerprint density at radius 3 is 1.22 bits per heavy atom. The molecule has 0 aliphatic rings. The van der Waals surface area contributed by atoms with Gasteiger partial charge in [-0.05, 0) is 19.3 Å². The number of rotatable bonds is 29. The maximum absolute atomic E-state index is 12.2. The van der Waals surface area contributed by atoms with Crippen molar-refractivity contribution in [1.82, 2.24) is 0 Å². The van der Waals surface area contributed by atoms with Crippen molar-refractivity contribution in [3.8, 4) is 0 Å². The summed E-state index contributed by atoms with van der Waals surface area (Å²) in [5.41, 5.74) is 0. The minimum absolute atomic E-state index is 0.0678. The molecule has 0 saturated heterocycles. The summed E-state index contributed by atoms with van der Waals surface area (Å²) < 4.78 is 5.53. The van der Waals surface area contributed by atoms with E-state index in [1.54, 1.807) is 0 Å². The zero-order valence-corrected chi connectivity index (χ0v) is 24.3. The number of carboxylic acids is 1. The summed E-state index contributed by atoms with van der Waals surface area (Å²) in [6.07, 6.45) is 31.2. The number of ether oxygens (including phenoxy) is 1. The van der Waals surface area contributed by atoms with Gasteiger partial charge in [0, 0.05) is 6.42 Å². The first-order chi connectivity index (χ1) is 17.6. The van der Waals surface area contributed by atoms with E-state index in [1.165, 1.54) is 128 Å². The Hall–Kier alpha value is -1.06. The van der Waals surface area contributed by atoms with Crippen molar-refractivity contribution in [2.24, 2.45) is 0 Å². The third-order valence-electron chi connectivity index (χ3n) is 7.31. The van der Waals surface area contributed by atoms with Crippen molar-refractivity contribution in [1.29, 1.82) is 0 Å². The lowest BCUT2D eigenvalue weighted by Crippen LogP contribution is -2.21. The molecule has 36 heavy (non-hydrogen) atoms. The number of carbonyl (C=O) groups excluding carboxylic acids is 1. The van der Waals surface area contributed by atoms with E-state index >= 15 is 0 Å². The van der Waals surface area contributed by atoms with E-state index in [9.17, 15) is 9.59 Å². The molecule has 1 atom stereocenters. The van der Waals surface area contributed by atoms with E-state index < -0.39 is 12.1 Å². The van der Waals surface area contributed by atoms with Gasteiger partial charge in [0.15, 0.2) is 0 Å². The molecule has 0 radical (unpaired) electrons. The van der Waals surface area contributed by atoms with E-state index in [-0.39, 0.29) is 12.4 Å². The highest BCUT2D eigenvalue weighted by Crippen LogP contribution is 2.17. The fraction of sp³-hybridized carbons (Fsp3) is 0.938. The van der Waals surface area contributed by atoms with Crippen LogP contribution in [0.4, 0.5) is 0 Å². The number of hydrogen-bond acceptors (Lipinski definition) is 3. The topological polar surface area (TPSA) is 63.6 Å². The molecule has 0 fully saturated rings. The van der Waals surface area contributed by atoms with E-state index in [1.807, 2.05) is 0 Å². The summed E-state index contributed by atoms with van der Waals surface area (Å²) in [6, 6.07) is 0. The standard InChI is InChI=1S/C32H62O4/c1-3-5-7-9-11-13-14-15-16-17-18-20-22-24-26-28-32(35)36-30(29-31(33)34)27-25-23-21-19-12-10-8-6-4-2/h30H,3-29H2,1-2H3,(H,33,34)/t30-/m1/s1. The van der Waals surface area contributed by atoms with Gasteiger partial charge in [-0.25, -0.2) is 0 Å². The van der Waals surface area contributed by atoms with Crippen LogP contribution in [-0.4, -0.2) is 23.1 Å². The van der Waals surface area contributed by atoms with Gasteiger partial charge in [0.2, 0.25) is 0 Å². The van der Waals surface area contributed by atoms with Crippen LogP contribution >= 0.6 is 0 Å². The number of aliphatic carboxylic acids is 1. The lowest BCUT2D eigenvalue weighted by atomic mass is 10.0. The summed E-state index contributed by atoms with van der Waals surface area (Å²) in [5, 5.41) is 9.17. The molecule has 4 nitrogen and oxygen atoms in total. The second-order valence-corrected chi connectivity index (χ2v) is 11.0. The van der Waals surface area contributed by atoms with Crippen molar-refractivity contribution >= 4 is 11.9 Å². The molecule has 0 amide bonds. The van der Waals surface area contributed by atoms with Gasteiger partial charge < -0.3 is 9.84 Å². The molecule has 0 unspecified atom stereocenters. The number of unbranched alkanes of at least 4 members (excludes halogenated alkanes) is 22. The van der Waals surface area contributed by atoms with E-state index in [4.69, 9.17) is 9.84 Å². The van der Waals surface area contributed by atoms with E-state index in [0.29, 0.717) is 12.8 Å². The average molecular weight is 511 g/mol. The fourth-order valence-electron chi connectivity index (χ4n) is 4.97. The molecule has 0 aromatic heterocycles. The normalized spacial score (nSPS) is 12.1. The van der Waals surface area contributed by atoms with Gasteiger partial charge in [0.25, 0.3) is 0 Å². The van der Waals surface area contributed by atoms with Gasteiger partial charge in [0.05, 0.1) is 6.42 Å². The van der Waals surface area contributed by atoms with Crippen LogP contribution in [0.2, 0.25) is 0 Å². The molecule has 1 N–H and O–H groups in total. The Bertz CT molecular complexity index is 477. The Kier molecular flexibility index (Phi) is 27.7. The van der Waals surface area contributed by atoms with Crippen molar-refractivity contribution in [2.45, 2.75) is 193 Å². The van der Waals surface area contributed by atoms with Crippen LogP contribution in [-0.2, 0) is 14.3 Å². The second kappa shape index (κ2) is 28.5. The van der Waals surface area contributed by atoms with Gasteiger partial charge in [-0.2, -0.15) is 0 Å². The molecule has 0 aromatic rings. The molecule has 0 aromatic carbocycles. The zero-order valence-electron chi connectivity index (χ0n) is 24.3. The molecule has 0 saturated carbocycles.